The van der Waals surface area contributed by atoms with E-state index in [1.165, 1.54) is 12.8 Å². The van der Waals surface area contributed by atoms with Gasteiger partial charge in [0.25, 0.3) is 0 Å². The van der Waals surface area contributed by atoms with E-state index >= 15 is 0 Å². The molecule has 16 heavy (non-hydrogen) atoms. The molecule has 5 nitrogen and oxygen atoms in total. The molecule has 0 unspecified atom stereocenters. The molecule has 1 aliphatic carbocycles. The minimum absolute atomic E-state index is 0.506. The molecule has 0 aliphatic heterocycles. The van der Waals surface area contributed by atoms with Gasteiger partial charge in [-0.3, -0.25) is 4.68 Å². The van der Waals surface area contributed by atoms with Gasteiger partial charge >= 0.3 is 0 Å². The number of hydrogen-bond donors (Lipinski definition) is 1. The number of rotatable bonds is 3. The SMILES string of the molecule is Nc1nn(CC2CC2)cc1-c1ncccn1. The Bertz CT molecular complexity index is 486. The monoisotopic (exact) mass is 215 g/mol. The molecular weight excluding hydrogens is 202 g/mol. The van der Waals surface area contributed by atoms with Crippen LogP contribution in [0.1, 0.15) is 12.8 Å². The van der Waals surface area contributed by atoms with E-state index in [0.29, 0.717) is 11.6 Å². The fourth-order valence-corrected chi connectivity index (χ4v) is 1.71. The molecule has 1 fully saturated rings. The summed E-state index contributed by atoms with van der Waals surface area (Å²) < 4.78 is 1.90. The van der Waals surface area contributed by atoms with Crippen LogP contribution in [-0.4, -0.2) is 19.7 Å². The number of nitrogen functional groups attached to an aromatic ring is 1. The number of hydrogen-bond acceptors (Lipinski definition) is 4. The van der Waals surface area contributed by atoms with Crippen molar-refractivity contribution in [3.63, 3.8) is 0 Å². The molecule has 2 aromatic rings. The maximum Gasteiger partial charge on any atom is 0.164 e. The summed E-state index contributed by atoms with van der Waals surface area (Å²) in [5.41, 5.74) is 6.68. The lowest BCUT2D eigenvalue weighted by Gasteiger charge is -1.96. The smallest absolute Gasteiger partial charge is 0.164 e. The van der Waals surface area contributed by atoms with Crippen molar-refractivity contribution in [2.24, 2.45) is 5.92 Å². The van der Waals surface area contributed by atoms with E-state index in [-0.39, 0.29) is 0 Å². The summed E-state index contributed by atoms with van der Waals surface area (Å²) in [6.07, 6.45) is 7.96. The molecular formula is C11H13N5. The van der Waals surface area contributed by atoms with E-state index < -0.39 is 0 Å². The molecule has 2 aromatic heterocycles. The van der Waals surface area contributed by atoms with Crippen LogP contribution >= 0.6 is 0 Å². The molecule has 0 atom stereocenters. The third-order valence-electron chi connectivity index (χ3n) is 2.74. The highest BCUT2D eigenvalue weighted by Gasteiger charge is 2.23. The summed E-state index contributed by atoms with van der Waals surface area (Å²) in [6, 6.07) is 1.79. The molecule has 0 aromatic carbocycles. The highest BCUT2D eigenvalue weighted by atomic mass is 15.3. The maximum absolute atomic E-state index is 5.86. The van der Waals surface area contributed by atoms with Gasteiger partial charge in [-0.25, -0.2) is 9.97 Å². The average Bonchev–Trinajstić information content (AvgIpc) is 3.03. The molecule has 0 bridgehead atoms. The summed E-state index contributed by atoms with van der Waals surface area (Å²) in [4.78, 5) is 8.35. The highest BCUT2D eigenvalue weighted by Crippen LogP contribution is 2.31. The van der Waals surface area contributed by atoms with Crippen LogP contribution in [0.25, 0.3) is 11.4 Å². The minimum Gasteiger partial charge on any atom is -0.382 e. The predicted octanol–water partition coefficient (Wildman–Crippen LogP) is 1.33. The van der Waals surface area contributed by atoms with Crippen LogP contribution in [0.5, 0.6) is 0 Å². The Morgan fingerprint density at radius 1 is 1.31 bits per heavy atom. The summed E-state index contributed by atoms with van der Waals surface area (Å²) in [5.74, 6) is 1.93. The lowest BCUT2D eigenvalue weighted by atomic mass is 10.3. The Hall–Kier alpha value is -1.91. The zero-order valence-corrected chi connectivity index (χ0v) is 8.87. The quantitative estimate of drug-likeness (QED) is 0.838. The van der Waals surface area contributed by atoms with Crippen LogP contribution in [0, 0.1) is 5.92 Å². The van der Waals surface area contributed by atoms with Crippen LogP contribution in [0.15, 0.2) is 24.7 Å². The average molecular weight is 215 g/mol. The molecule has 1 saturated carbocycles. The molecule has 0 amide bonds. The first-order valence-corrected chi connectivity index (χ1v) is 5.43. The standard InChI is InChI=1S/C11H13N5/c12-10-9(11-13-4-1-5-14-11)7-16(15-10)6-8-2-3-8/h1,4-5,7-8H,2-3,6H2,(H2,12,15). The van der Waals surface area contributed by atoms with E-state index in [2.05, 4.69) is 15.1 Å². The van der Waals surface area contributed by atoms with Crippen molar-refractivity contribution in [3.8, 4) is 11.4 Å². The first-order chi connectivity index (χ1) is 7.83. The van der Waals surface area contributed by atoms with Crippen LogP contribution < -0.4 is 5.73 Å². The lowest BCUT2D eigenvalue weighted by Crippen LogP contribution is -2.00. The Morgan fingerprint density at radius 3 is 2.75 bits per heavy atom. The minimum atomic E-state index is 0.506. The second kappa shape index (κ2) is 3.59. The lowest BCUT2D eigenvalue weighted by molar-refractivity contribution is 0.565. The molecule has 0 saturated heterocycles. The number of anilines is 1. The maximum atomic E-state index is 5.86. The van der Waals surface area contributed by atoms with Crippen LogP contribution in [0.4, 0.5) is 5.82 Å². The fraction of sp³-hybridized carbons (Fsp3) is 0.364. The molecule has 0 spiro atoms. The van der Waals surface area contributed by atoms with Gasteiger partial charge in [0, 0.05) is 25.1 Å². The summed E-state index contributed by atoms with van der Waals surface area (Å²) in [6.45, 7) is 0.955. The summed E-state index contributed by atoms with van der Waals surface area (Å²) in [5, 5.41) is 4.28. The molecule has 2 N–H and O–H groups in total. The van der Waals surface area contributed by atoms with Crippen molar-refractivity contribution in [2.45, 2.75) is 19.4 Å². The third-order valence-corrected chi connectivity index (χ3v) is 2.74. The van der Waals surface area contributed by atoms with Crippen molar-refractivity contribution >= 4 is 5.82 Å². The predicted molar refractivity (Wildman–Crippen MR) is 60.4 cm³/mol. The number of aromatic nitrogens is 4. The molecule has 2 heterocycles. The van der Waals surface area contributed by atoms with E-state index in [0.717, 1.165) is 18.0 Å². The molecule has 5 heteroatoms. The van der Waals surface area contributed by atoms with E-state index in [9.17, 15) is 0 Å². The Balaban J connectivity index is 1.91. The summed E-state index contributed by atoms with van der Waals surface area (Å²) >= 11 is 0. The van der Waals surface area contributed by atoms with Crippen molar-refractivity contribution in [1.82, 2.24) is 19.7 Å². The van der Waals surface area contributed by atoms with Crippen molar-refractivity contribution in [3.05, 3.63) is 24.7 Å². The van der Waals surface area contributed by atoms with Crippen molar-refractivity contribution in [1.29, 1.82) is 0 Å². The largest absolute Gasteiger partial charge is 0.382 e. The van der Waals surface area contributed by atoms with E-state index in [4.69, 9.17) is 5.73 Å². The first-order valence-electron chi connectivity index (χ1n) is 5.43. The summed E-state index contributed by atoms with van der Waals surface area (Å²) in [7, 11) is 0. The van der Waals surface area contributed by atoms with Crippen LogP contribution in [0.3, 0.4) is 0 Å². The Morgan fingerprint density at radius 2 is 2.06 bits per heavy atom. The fourth-order valence-electron chi connectivity index (χ4n) is 1.71. The van der Waals surface area contributed by atoms with Gasteiger partial charge in [-0.05, 0) is 24.8 Å². The van der Waals surface area contributed by atoms with Crippen LogP contribution in [-0.2, 0) is 6.54 Å². The molecule has 1 aliphatic rings. The topological polar surface area (TPSA) is 69.6 Å². The zero-order valence-electron chi connectivity index (χ0n) is 8.87. The highest BCUT2D eigenvalue weighted by molar-refractivity contribution is 5.66. The van der Waals surface area contributed by atoms with E-state index in [1.54, 1.807) is 18.5 Å². The van der Waals surface area contributed by atoms with Crippen molar-refractivity contribution in [2.75, 3.05) is 5.73 Å². The number of nitrogens with two attached hydrogens (primary N) is 1. The van der Waals surface area contributed by atoms with Crippen LogP contribution in [0.2, 0.25) is 0 Å². The molecule has 3 rings (SSSR count). The van der Waals surface area contributed by atoms with Gasteiger partial charge < -0.3 is 5.73 Å². The second-order valence-corrected chi connectivity index (χ2v) is 4.17. The van der Waals surface area contributed by atoms with Gasteiger partial charge in [0.1, 0.15) is 0 Å². The first kappa shape index (κ1) is 9.33. The Labute approximate surface area is 93.3 Å². The van der Waals surface area contributed by atoms with Gasteiger partial charge in [-0.2, -0.15) is 5.10 Å². The normalized spacial score (nSPS) is 15.2. The van der Waals surface area contributed by atoms with Gasteiger partial charge in [-0.1, -0.05) is 0 Å². The second-order valence-electron chi connectivity index (χ2n) is 4.17. The van der Waals surface area contributed by atoms with Gasteiger partial charge in [0.05, 0.1) is 5.56 Å². The zero-order chi connectivity index (χ0) is 11.0. The van der Waals surface area contributed by atoms with Gasteiger partial charge in [0.15, 0.2) is 11.6 Å². The molecule has 82 valence electrons. The third kappa shape index (κ3) is 1.76. The van der Waals surface area contributed by atoms with Gasteiger partial charge in [0.2, 0.25) is 0 Å². The van der Waals surface area contributed by atoms with Crippen molar-refractivity contribution < 1.29 is 0 Å². The molecule has 0 radical (unpaired) electrons. The Kier molecular flexibility index (Phi) is 2.09. The number of nitrogens with zero attached hydrogens (tertiary/aromatic N) is 4. The van der Waals surface area contributed by atoms with Gasteiger partial charge in [-0.15, -0.1) is 0 Å². The van der Waals surface area contributed by atoms with E-state index in [1.807, 2.05) is 10.9 Å².